The first kappa shape index (κ1) is 15.3. The van der Waals surface area contributed by atoms with E-state index in [2.05, 4.69) is 30.3 Å². The maximum atomic E-state index is 12.2. The van der Waals surface area contributed by atoms with Crippen LogP contribution in [-0.2, 0) is 11.3 Å². The van der Waals surface area contributed by atoms with Crippen LogP contribution < -0.4 is 5.32 Å². The van der Waals surface area contributed by atoms with Crippen molar-refractivity contribution in [3.05, 3.63) is 59.3 Å². The minimum atomic E-state index is 0.00422. The molecule has 0 spiro atoms. The molecule has 4 nitrogen and oxygen atoms in total. The lowest BCUT2D eigenvalue weighted by molar-refractivity contribution is -0.116. The van der Waals surface area contributed by atoms with Gasteiger partial charge >= 0.3 is 0 Å². The topological polar surface area (TPSA) is 46.9 Å². The van der Waals surface area contributed by atoms with Crippen molar-refractivity contribution in [3.63, 3.8) is 0 Å². The molecule has 3 aromatic rings. The Morgan fingerprint density at radius 1 is 1.09 bits per heavy atom. The molecule has 0 radical (unpaired) electrons. The summed E-state index contributed by atoms with van der Waals surface area (Å²) in [5.74, 6) is 0.00422. The highest BCUT2D eigenvalue weighted by atomic mass is 16.1. The van der Waals surface area contributed by atoms with Crippen LogP contribution in [0.3, 0.4) is 0 Å². The van der Waals surface area contributed by atoms with Crippen molar-refractivity contribution in [2.45, 2.75) is 33.7 Å². The van der Waals surface area contributed by atoms with E-state index in [9.17, 15) is 4.79 Å². The number of nitrogens with one attached hydrogen (secondary N) is 1. The predicted octanol–water partition coefficient (Wildman–Crippen LogP) is 3.99. The number of rotatable bonds is 4. The summed E-state index contributed by atoms with van der Waals surface area (Å²) < 4.78 is 1.89. The van der Waals surface area contributed by atoms with Gasteiger partial charge in [-0.1, -0.05) is 18.2 Å². The molecule has 1 amide bonds. The van der Waals surface area contributed by atoms with E-state index in [1.165, 1.54) is 16.7 Å². The molecular formula is C19H21N3O. The van der Waals surface area contributed by atoms with Crippen molar-refractivity contribution in [3.8, 4) is 0 Å². The van der Waals surface area contributed by atoms with Gasteiger partial charge in [0.25, 0.3) is 0 Å². The monoisotopic (exact) mass is 307 g/mol. The number of carbonyl (C=O) groups is 1. The predicted molar refractivity (Wildman–Crippen MR) is 93.6 cm³/mol. The van der Waals surface area contributed by atoms with Gasteiger partial charge in [-0.05, 0) is 55.7 Å². The molecule has 118 valence electrons. The maximum absolute atomic E-state index is 12.2. The highest BCUT2D eigenvalue weighted by molar-refractivity contribution is 5.91. The third-order valence-corrected chi connectivity index (χ3v) is 4.25. The molecule has 0 unspecified atom stereocenters. The van der Waals surface area contributed by atoms with Gasteiger partial charge in [-0.15, -0.1) is 0 Å². The molecule has 0 atom stereocenters. The number of benzene rings is 2. The summed E-state index contributed by atoms with van der Waals surface area (Å²) in [4.78, 5) is 12.2. The van der Waals surface area contributed by atoms with Gasteiger partial charge in [-0.3, -0.25) is 9.48 Å². The number of aryl methyl sites for hydroxylation is 4. The zero-order valence-corrected chi connectivity index (χ0v) is 13.8. The number of hydrogen-bond donors (Lipinski definition) is 1. The van der Waals surface area contributed by atoms with Crippen LogP contribution in [0, 0.1) is 20.8 Å². The molecule has 0 aliphatic carbocycles. The molecule has 3 rings (SSSR count). The third-order valence-electron chi connectivity index (χ3n) is 4.25. The second-order valence-corrected chi connectivity index (χ2v) is 5.97. The van der Waals surface area contributed by atoms with Crippen LogP contribution in [-0.4, -0.2) is 15.7 Å². The van der Waals surface area contributed by atoms with Crippen molar-refractivity contribution in [2.75, 3.05) is 5.32 Å². The van der Waals surface area contributed by atoms with Gasteiger partial charge in [0.2, 0.25) is 5.91 Å². The number of amides is 1. The van der Waals surface area contributed by atoms with Crippen LogP contribution in [0.15, 0.2) is 42.6 Å². The number of carbonyl (C=O) groups excluding carboxylic acids is 1. The number of nitrogens with zero attached hydrogens (tertiary/aromatic N) is 2. The molecule has 0 saturated carbocycles. The first-order valence-corrected chi connectivity index (χ1v) is 7.83. The molecule has 1 N–H and O–H groups in total. The molecule has 0 aliphatic rings. The van der Waals surface area contributed by atoms with Gasteiger partial charge in [-0.25, -0.2) is 0 Å². The Labute approximate surface area is 136 Å². The van der Waals surface area contributed by atoms with E-state index in [0.717, 1.165) is 16.6 Å². The van der Waals surface area contributed by atoms with Gasteiger partial charge in [0.15, 0.2) is 0 Å². The van der Waals surface area contributed by atoms with E-state index in [0.29, 0.717) is 13.0 Å². The molecule has 4 heteroatoms. The van der Waals surface area contributed by atoms with Gasteiger partial charge in [-0.2, -0.15) is 5.10 Å². The molecule has 2 aromatic carbocycles. The van der Waals surface area contributed by atoms with Crippen LogP contribution in [0.1, 0.15) is 23.1 Å². The molecular weight excluding hydrogens is 286 g/mol. The number of hydrogen-bond acceptors (Lipinski definition) is 2. The van der Waals surface area contributed by atoms with Crippen LogP contribution in [0.25, 0.3) is 10.9 Å². The van der Waals surface area contributed by atoms with E-state index in [1.807, 2.05) is 48.1 Å². The maximum Gasteiger partial charge on any atom is 0.226 e. The second kappa shape index (κ2) is 6.24. The van der Waals surface area contributed by atoms with Crippen molar-refractivity contribution >= 4 is 22.5 Å². The van der Waals surface area contributed by atoms with E-state index in [4.69, 9.17) is 0 Å². The fraction of sp³-hybridized carbons (Fsp3) is 0.263. The smallest absolute Gasteiger partial charge is 0.226 e. The molecule has 23 heavy (non-hydrogen) atoms. The highest BCUT2D eigenvalue weighted by Crippen LogP contribution is 2.18. The Balaban J connectivity index is 1.66. The average Bonchev–Trinajstić information content (AvgIpc) is 2.94. The molecule has 0 aliphatic heterocycles. The summed E-state index contributed by atoms with van der Waals surface area (Å²) in [7, 11) is 0. The number of aromatic nitrogens is 2. The lowest BCUT2D eigenvalue weighted by atomic mass is 10.1. The zero-order chi connectivity index (χ0) is 16.4. The van der Waals surface area contributed by atoms with Crippen molar-refractivity contribution in [1.82, 2.24) is 9.78 Å². The molecule has 0 bridgehead atoms. The Bertz CT molecular complexity index is 864. The van der Waals surface area contributed by atoms with Crippen LogP contribution in [0.4, 0.5) is 5.69 Å². The third kappa shape index (κ3) is 3.26. The van der Waals surface area contributed by atoms with E-state index in [1.54, 1.807) is 0 Å². The summed E-state index contributed by atoms with van der Waals surface area (Å²) in [6.45, 7) is 6.75. The summed E-state index contributed by atoms with van der Waals surface area (Å²) in [6, 6.07) is 12.1. The van der Waals surface area contributed by atoms with Gasteiger partial charge < -0.3 is 5.32 Å². The van der Waals surface area contributed by atoms with E-state index >= 15 is 0 Å². The average molecular weight is 307 g/mol. The highest BCUT2D eigenvalue weighted by Gasteiger charge is 2.08. The van der Waals surface area contributed by atoms with Crippen molar-refractivity contribution in [2.24, 2.45) is 0 Å². The summed E-state index contributed by atoms with van der Waals surface area (Å²) in [5, 5.41) is 8.49. The first-order chi connectivity index (χ1) is 11.0. The van der Waals surface area contributed by atoms with Gasteiger partial charge in [0.1, 0.15) is 0 Å². The lowest BCUT2D eigenvalue weighted by Crippen LogP contribution is -2.15. The lowest BCUT2D eigenvalue weighted by Gasteiger charge is -2.08. The minimum absolute atomic E-state index is 0.00422. The van der Waals surface area contributed by atoms with E-state index in [-0.39, 0.29) is 5.91 Å². The molecule has 1 heterocycles. The van der Waals surface area contributed by atoms with E-state index < -0.39 is 0 Å². The number of anilines is 1. The Kier molecular flexibility index (Phi) is 4.15. The van der Waals surface area contributed by atoms with Crippen LogP contribution in [0.2, 0.25) is 0 Å². The summed E-state index contributed by atoms with van der Waals surface area (Å²) in [6.07, 6.45) is 2.27. The fourth-order valence-electron chi connectivity index (χ4n) is 2.68. The summed E-state index contributed by atoms with van der Waals surface area (Å²) >= 11 is 0. The Hall–Kier alpha value is -2.62. The standard InChI is InChI=1S/C19H21N3O/c1-13-7-8-16(11-15(13)3)21-19(23)9-10-22-18-6-4-5-14(2)17(18)12-20-22/h4-8,11-12H,9-10H2,1-3H3,(H,21,23). The van der Waals surface area contributed by atoms with Crippen molar-refractivity contribution < 1.29 is 4.79 Å². The largest absolute Gasteiger partial charge is 0.326 e. The zero-order valence-electron chi connectivity index (χ0n) is 13.8. The molecule has 0 fully saturated rings. The van der Waals surface area contributed by atoms with Gasteiger partial charge in [0.05, 0.1) is 18.3 Å². The quantitative estimate of drug-likeness (QED) is 0.792. The van der Waals surface area contributed by atoms with Crippen LogP contribution in [0.5, 0.6) is 0 Å². The molecule has 1 aromatic heterocycles. The van der Waals surface area contributed by atoms with Gasteiger partial charge in [0, 0.05) is 17.5 Å². The Morgan fingerprint density at radius 3 is 2.70 bits per heavy atom. The second-order valence-electron chi connectivity index (χ2n) is 5.97. The fourth-order valence-corrected chi connectivity index (χ4v) is 2.68. The normalized spacial score (nSPS) is 10.9. The number of fused-ring (bicyclic) bond motifs is 1. The Morgan fingerprint density at radius 2 is 1.91 bits per heavy atom. The van der Waals surface area contributed by atoms with Crippen LogP contribution >= 0.6 is 0 Å². The summed E-state index contributed by atoms with van der Waals surface area (Å²) in [5.41, 5.74) is 5.52. The molecule has 0 saturated heterocycles. The first-order valence-electron chi connectivity index (χ1n) is 7.83. The minimum Gasteiger partial charge on any atom is -0.326 e. The van der Waals surface area contributed by atoms with Crippen molar-refractivity contribution in [1.29, 1.82) is 0 Å². The SMILES string of the molecule is Cc1ccc(NC(=O)CCn2ncc3c(C)cccc32)cc1C.